The Morgan fingerprint density at radius 2 is 1.75 bits per heavy atom. The van der Waals surface area contributed by atoms with Crippen LogP contribution in [-0.2, 0) is 34.3 Å². The van der Waals surface area contributed by atoms with E-state index in [0.717, 1.165) is 39.6 Å². The monoisotopic (exact) mass is 784 g/mol. The molecule has 6 rings (SSSR count). The molecule has 0 unspecified atom stereocenters. The van der Waals surface area contributed by atoms with E-state index in [4.69, 9.17) is 19.6 Å². The lowest BCUT2D eigenvalue weighted by Gasteiger charge is -2.30. The number of thiophene rings is 1. The molecule has 0 fully saturated rings. The standard InChI is InChI=1S/C30H27F3N6O2S.C5H10O2.3C2H6/c1-30(2,3)41-29(40)38-9-10-39-20(16-38)13-23(36-39)27-21(12-19(32)7-8-31)22-14-25(33)42-28(22)26(35-27)17-5-6-24-18(11-17)15-34-37(24)4;1-3-7-5-4-6-2;3*1-2/h5-8,11-15H,9-10,16H2,1-4H3;3H,1,4-5H2,2H3;3*1-2H3/b8-7+,19-12?;;;;. The summed E-state index contributed by atoms with van der Waals surface area (Å²) in [5.41, 5.74) is 3.23. The van der Waals surface area contributed by atoms with Crippen molar-refractivity contribution in [2.24, 2.45) is 7.05 Å². The van der Waals surface area contributed by atoms with Gasteiger partial charge in [0.2, 0.25) is 0 Å². The molecule has 4 aromatic heterocycles. The van der Waals surface area contributed by atoms with E-state index in [1.54, 1.807) is 33.6 Å². The van der Waals surface area contributed by atoms with Crippen molar-refractivity contribution in [2.45, 2.75) is 81.0 Å². The highest BCUT2D eigenvalue weighted by Gasteiger charge is 2.28. The van der Waals surface area contributed by atoms with Gasteiger partial charge in [0.1, 0.15) is 23.7 Å². The van der Waals surface area contributed by atoms with Crippen LogP contribution in [0, 0.1) is 5.13 Å². The van der Waals surface area contributed by atoms with Gasteiger partial charge < -0.3 is 19.1 Å². The third-order valence-electron chi connectivity index (χ3n) is 7.43. The van der Waals surface area contributed by atoms with E-state index < -0.39 is 22.7 Å². The Hall–Kier alpha value is -4.95. The van der Waals surface area contributed by atoms with Gasteiger partial charge in [-0.2, -0.15) is 14.6 Å². The molecule has 1 aliphatic rings. The van der Waals surface area contributed by atoms with E-state index >= 15 is 0 Å². The lowest BCUT2D eigenvalue weighted by atomic mass is 10.0. The van der Waals surface area contributed by atoms with E-state index in [0.29, 0.717) is 59.5 Å². The third kappa shape index (κ3) is 12.3. The van der Waals surface area contributed by atoms with Crippen LogP contribution in [0.2, 0.25) is 0 Å². The number of hydrogen-bond donors (Lipinski definition) is 0. The Morgan fingerprint density at radius 1 is 1.04 bits per heavy atom. The molecule has 5 aromatic rings. The smallest absolute Gasteiger partial charge is 0.410 e. The maximum absolute atomic E-state index is 14.8. The molecule has 0 spiro atoms. The van der Waals surface area contributed by atoms with Gasteiger partial charge in [-0.25, -0.2) is 18.6 Å². The number of aryl methyl sites for hydroxylation is 1. The number of halogens is 3. The zero-order valence-electron chi connectivity index (χ0n) is 33.9. The number of rotatable bonds is 8. The molecule has 0 radical (unpaired) electrons. The summed E-state index contributed by atoms with van der Waals surface area (Å²) in [5, 5.41) is 9.87. The SMILES string of the molecule is C=COCCOC.CC.CC.CC.Cn1ncc2cc(-c3nc(-c4cc5n(n4)CCN(C(=O)OC(C)(C)C)C5)c(C=C(F)/C=C/F)c4cc(F)sc34)ccc21. The summed E-state index contributed by atoms with van der Waals surface area (Å²) < 4.78 is 61.4. The number of hydrogen-bond acceptors (Lipinski definition) is 8. The Labute approximate surface area is 326 Å². The maximum Gasteiger partial charge on any atom is 0.410 e. The molecule has 300 valence electrons. The third-order valence-corrected chi connectivity index (χ3v) is 8.36. The molecule has 14 heteroatoms. The second kappa shape index (κ2) is 22.4. The van der Waals surface area contributed by atoms with Crippen LogP contribution in [-0.4, -0.2) is 68.0 Å². The van der Waals surface area contributed by atoms with Gasteiger partial charge in [0.25, 0.3) is 0 Å². The molecule has 1 amide bonds. The van der Waals surface area contributed by atoms with Gasteiger partial charge in [-0.1, -0.05) is 54.2 Å². The van der Waals surface area contributed by atoms with E-state index in [1.165, 1.54) is 12.3 Å². The fraction of sp³-hybridized carbons (Fsp3) is 0.415. The Kier molecular flexibility index (Phi) is 18.8. The van der Waals surface area contributed by atoms with E-state index in [2.05, 4.69) is 16.4 Å². The summed E-state index contributed by atoms with van der Waals surface area (Å²) in [6.45, 7) is 23.1. The lowest BCUT2D eigenvalue weighted by Crippen LogP contribution is -2.41. The second-order valence-corrected chi connectivity index (χ2v) is 13.1. The van der Waals surface area contributed by atoms with Gasteiger partial charge in [-0.3, -0.25) is 9.36 Å². The van der Waals surface area contributed by atoms with Crippen molar-refractivity contribution in [2.75, 3.05) is 26.9 Å². The van der Waals surface area contributed by atoms with Crippen molar-refractivity contribution in [3.8, 4) is 22.6 Å². The van der Waals surface area contributed by atoms with Gasteiger partial charge >= 0.3 is 6.09 Å². The topological polar surface area (TPSA) is 96.5 Å². The lowest BCUT2D eigenvalue weighted by molar-refractivity contribution is 0.0194. The summed E-state index contributed by atoms with van der Waals surface area (Å²) in [7, 11) is 3.48. The minimum absolute atomic E-state index is 0.0996. The minimum Gasteiger partial charge on any atom is -0.499 e. The van der Waals surface area contributed by atoms with E-state index in [9.17, 15) is 18.0 Å². The van der Waals surface area contributed by atoms with Gasteiger partial charge in [0.05, 0.1) is 65.8 Å². The molecule has 10 nitrogen and oxygen atoms in total. The van der Waals surface area contributed by atoms with Crippen LogP contribution in [0.15, 0.2) is 67.6 Å². The largest absolute Gasteiger partial charge is 0.499 e. The van der Waals surface area contributed by atoms with E-state index in [-0.39, 0.29) is 18.4 Å². The molecule has 0 bridgehead atoms. The summed E-state index contributed by atoms with van der Waals surface area (Å²) in [5.74, 6) is -0.863. The fourth-order valence-electron chi connectivity index (χ4n) is 5.26. The summed E-state index contributed by atoms with van der Waals surface area (Å²) in [6, 6.07) is 8.82. The highest BCUT2D eigenvalue weighted by Crippen LogP contribution is 2.41. The first-order valence-corrected chi connectivity index (χ1v) is 19.2. The Morgan fingerprint density at radius 3 is 2.38 bits per heavy atom. The first-order valence-electron chi connectivity index (χ1n) is 18.4. The van der Waals surface area contributed by atoms with Gasteiger partial charge in [-0.05, 0) is 51.1 Å². The van der Waals surface area contributed by atoms with Crippen LogP contribution in [0.1, 0.15) is 73.6 Å². The minimum atomic E-state index is -0.863. The number of methoxy groups -OCH3 is 1. The average Bonchev–Trinajstić information content (AvgIpc) is 3.89. The summed E-state index contributed by atoms with van der Waals surface area (Å²) in [4.78, 5) is 19.2. The molecule has 0 aliphatic carbocycles. The Bertz CT molecular complexity index is 2040. The average molecular weight is 785 g/mol. The number of nitrogens with zero attached hydrogens (tertiary/aromatic N) is 6. The van der Waals surface area contributed by atoms with Crippen LogP contribution in [0.3, 0.4) is 0 Å². The zero-order valence-corrected chi connectivity index (χ0v) is 34.7. The van der Waals surface area contributed by atoms with Gasteiger partial charge in [0.15, 0.2) is 5.13 Å². The number of pyridine rings is 1. The number of carbonyl (C=O) groups excluding carboxylic acids is 1. The van der Waals surface area contributed by atoms with E-state index in [1.807, 2.05) is 87.6 Å². The number of allylic oxidation sites excluding steroid dienone is 2. The highest BCUT2D eigenvalue weighted by atomic mass is 32.1. The van der Waals surface area contributed by atoms with Crippen molar-refractivity contribution in [1.82, 2.24) is 29.4 Å². The predicted molar refractivity (Wildman–Crippen MR) is 219 cm³/mol. The van der Waals surface area contributed by atoms with Crippen LogP contribution in [0.5, 0.6) is 0 Å². The number of amides is 1. The molecule has 5 heterocycles. The molecule has 0 N–H and O–H groups in total. The fourth-order valence-corrected chi connectivity index (χ4v) is 6.17. The van der Waals surface area contributed by atoms with Gasteiger partial charge in [-0.15, -0.1) is 11.3 Å². The number of aromatic nitrogens is 5. The van der Waals surface area contributed by atoms with Crippen LogP contribution in [0.4, 0.5) is 18.0 Å². The quantitative estimate of drug-likeness (QED) is 0.0878. The molecule has 55 heavy (non-hydrogen) atoms. The normalized spacial score (nSPS) is 12.3. The molecular formula is C41H55F3N6O4S. The van der Waals surface area contributed by atoms with Crippen LogP contribution >= 0.6 is 11.3 Å². The number of ether oxygens (including phenoxy) is 3. The predicted octanol–water partition coefficient (Wildman–Crippen LogP) is 11.3. The highest BCUT2D eigenvalue weighted by molar-refractivity contribution is 7.18. The summed E-state index contributed by atoms with van der Waals surface area (Å²) in [6.07, 6.45) is 4.62. The Balaban J connectivity index is 0.000000709. The van der Waals surface area contributed by atoms with Crippen LogP contribution < -0.4 is 0 Å². The number of benzene rings is 1. The second-order valence-electron chi connectivity index (χ2n) is 12.1. The van der Waals surface area contributed by atoms with Crippen molar-refractivity contribution in [1.29, 1.82) is 0 Å². The van der Waals surface area contributed by atoms with Gasteiger partial charge in [0, 0.05) is 48.7 Å². The zero-order chi connectivity index (χ0) is 41.3. The molecule has 0 saturated heterocycles. The summed E-state index contributed by atoms with van der Waals surface area (Å²) >= 11 is 0.900. The molecule has 1 aliphatic heterocycles. The van der Waals surface area contributed by atoms with Crippen molar-refractivity contribution < 1.29 is 32.2 Å². The van der Waals surface area contributed by atoms with Crippen molar-refractivity contribution in [3.63, 3.8) is 0 Å². The first-order chi connectivity index (χ1) is 26.4. The molecule has 1 aromatic carbocycles. The van der Waals surface area contributed by atoms with Crippen molar-refractivity contribution >= 4 is 44.5 Å². The number of carbonyl (C=O) groups is 1. The molecular weight excluding hydrogens is 730 g/mol. The van der Waals surface area contributed by atoms with Crippen molar-refractivity contribution in [3.05, 3.63) is 84.0 Å². The van der Waals surface area contributed by atoms with Crippen LogP contribution in [0.25, 0.3) is 49.7 Å². The maximum atomic E-state index is 14.8. The molecule has 0 saturated carbocycles. The molecule has 0 atom stereocenters. The first kappa shape index (κ1) is 46.2. The number of fused-ring (bicyclic) bond motifs is 3.